The number of likely N-dealkylation sites (tertiary alicyclic amines) is 1. The molecule has 1 aromatic rings. The summed E-state index contributed by atoms with van der Waals surface area (Å²) in [5.74, 6) is 1.53. The minimum atomic E-state index is 0.0324. The summed E-state index contributed by atoms with van der Waals surface area (Å²) in [4.78, 5) is 14.2. The van der Waals surface area contributed by atoms with Crippen LogP contribution in [0.1, 0.15) is 24.8 Å². The van der Waals surface area contributed by atoms with Crippen molar-refractivity contribution in [1.29, 1.82) is 0 Å². The number of hydrogen-bond donors (Lipinski definition) is 1. The molecule has 0 radical (unpaired) electrons. The number of hydrogen-bond acceptors (Lipinski definition) is 4. The quantitative estimate of drug-likeness (QED) is 0.865. The second kappa shape index (κ2) is 6.83. The molecule has 22 heavy (non-hydrogen) atoms. The van der Waals surface area contributed by atoms with Gasteiger partial charge in [-0.2, -0.15) is 0 Å². The lowest BCUT2D eigenvalue weighted by Gasteiger charge is -2.34. The summed E-state index contributed by atoms with van der Waals surface area (Å²) in [6, 6.07) is 5.87. The van der Waals surface area contributed by atoms with Crippen molar-refractivity contribution in [3.8, 4) is 11.5 Å². The summed E-state index contributed by atoms with van der Waals surface area (Å²) in [5, 5.41) is 0. The van der Waals surface area contributed by atoms with Crippen LogP contribution in [0.15, 0.2) is 24.3 Å². The monoisotopic (exact) mass is 302 g/mol. The molecule has 0 saturated carbocycles. The highest BCUT2D eigenvalue weighted by Crippen LogP contribution is 2.31. The van der Waals surface area contributed by atoms with Crippen LogP contribution in [0.2, 0.25) is 0 Å². The summed E-state index contributed by atoms with van der Waals surface area (Å²) in [6.45, 7) is 2.47. The third-order valence-electron chi connectivity index (χ3n) is 4.17. The minimum Gasteiger partial charge on any atom is -0.486 e. The Balaban J connectivity index is 1.69. The molecule has 2 aliphatic rings. The van der Waals surface area contributed by atoms with E-state index < -0.39 is 0 Å². The van der Waals surface area contributed by atoms with Crippen molar-refractivity contribution >= 4 is 12.0 Å². The lowest BCUT2D eigenvalue weighted by molar-refractivity contribution is -0.129. The van der Waals surface area contributed by atoms with Crippen molar-refractivity contribution in [1.82, 2.24) is 4.90 Å². The van der Waals surface area contributed by atoms with Gasteiger partial charge in [0.05, 0.1) is 0 Å². The average molecular weight is 302 g/mol. The number of piperidine rings is 1. The molecule has 1 fully saturated rings. The lowest BCUT2D eigenvalue weighted by atomic mass is 10.0. The molecule has 1 atom stereocenters. The fraction of sp³-hybridized carbons (Fsp3) is 0.471. The Morgan fingerprint density at radius 1 is 1.27 bits per heavy atom. The van der Waals surface area contributed by atoms with E-state index in [9.17, 15) is 4.79 Å². The summed E-state index contributed by atoms with van der Waals surface area (Å²) < 4.78 is 11.0. The number of rotatable bonds is 3. The Morgan fingerprint density at radius 2 is 2.09 bits per heavy atom. The van der Waals surface area contributed by atoms with Crippen molar-refractivity contribution in [3.05, 3.63) is 29.8 Å². The topological polar surface area (TPSA) is 64.8 Å². The summed E-state index contributed by atoms with van der Waals surface area (Å²) >= 11 is 0. The third kappa shape index (κ3) is 3.25. The van der Waals surface area contributed by atoms with Crippen LogP contribution in [0, 0.1) is 0 Å². The van der Waals surface area contributed by atoms with E-state index in [2.05, 4.69) is 0 Å². The zero-order valence-electron chi connectivity index (χ0n) is 12.7. The maximum absolute atomic E-state index is 12.4. The molecular weight excluding hydrogens is 280 g/mol. The van der Waals surface area contributed by atoms with Crippen molar-refractivity contribution in [2.75, 3.05) is 26.3 Å². The van der Waals surface area contributed by atoms with Gasteiger partial charge in [-0.1, -0.05) is 6.07 Å². The van der Waals surface area contributed by atoms with Crippen LogP contribution in [0.25, 0.3) is 6.08 Å². The highest BCUT2D eigenvalue weighted by atomic mass is 16.6. The Hall–Kier alpha value is -2.01. The largest absolute Gasteiger partial charge is 0.486 e. The maximum Gasteiger partial charge on any atom is 0.246 e. The van der Waals surface area contributed by atoms with Crippen molar-refractivity contribution in [3.63, 3.8) is 0 Å². The van der Waals surface area contributed by atoms with E-state index in [1.807, 2.05) is 29.2 Å². The Morgan fingerprint density at radius 3 is 2.91 bits per heavy atom. The molecule has 0 aromatic heterocycles. The SMILES string of the molecule is NCC1CCCCN1C(=O)/C=C/c1ccc2c(c1)OCCO2. The molecule has 1 aromatic carbocycles. The van der Waals surface area contributed by atoms with E-state index >= 15 is 0 Å². The second-order valence-electron chi connectivity index (χ2n) is 5.65. The van der Waals surface area contributed by atoms with Gasteiger partial charge < -0.3 is 20.1 Å². The predicted octanol–water partition coefficient (Wildman–Crippen LogP) is 1.81. The van der Waals surface area contributed by atoms with E-state index in [0.717, 1.165) is 42.9 Å². The summed E-state index contributed by atoms with van der Waals surface area (Å²) in [6.07, 6.45) is 6.65. The van der Waals surface area contributed by atoms with Crippen LogP contribution in [-0.2, 0) is 4.79 Å². The molecule has 0 aliphatic carbocycles. The van der Waals surface area contributed by atoms with E-state index in [1.165, 1.54) is 0 Å². The maximum atomic E-state index is 12.4. The van der Waals surface area contributed by atoms with Crippen LogP contribution in [0.5, 0.6) is 11.5 Å². The van der Waals surface area contributed by atoms with Gasteiger partial charge in [0, 0.05) is 25.2 Å². The van der Waals surface area contributed by atoms with Gasteiger partial charge in [-0.15, -0.1) is 0 Å². The second-order valence-corrected chi connectivity index (χ2v) is 5.65. The first-order valence-electron chi connectivity index (χ1n) is 7.86. The highest BCUT2D eigenvalue weighted by molar-refractivity contribution is 5.92. The average Bonchev–Trinajstić information content (AvgIpc) is 2.59. The third-order valence-corrected chi connectivity index (χ3v) is 4.17. The van der Waals surface area contributed by atoms with Crippen LogP contribution < -0.4 is 15.2 Å². The number of amides is 1. The smallest absolute Gasteiger partial charge is 0.246 e. The van der Waals surface area contributed by atoms with E-state index in [-0.39, 0.29) is 11.9 Å². The zero-order valence-corrected chi connectivity index (χ0v) is 12.7. The number of carbonyl (C=O) groups is 1. The van der Waals surface area contributed by atoms with E-state index in [0.29, 0.717) is 19.8 Å². The van der Waals surface area contributed by atoms with Crippen molar-refractivity contribution in [2.45, 2.75) is 25.3 Å². The molecule has 1 unspecified atom stereocenters. The number of nitrogens with two attached hydrogens (primary N) is 1. The molecule has 2 N–H and O–H groups in total. The molecule has 0 spiro atoms. The molecule has 118 valence electrons. The van der Waals surface area contributed by atoms with Crippen molar-refractivity contribution < 1.29 is 14.3 Å². The number of fused-ring (bicyclic) bond motifs is 1. The molecular formula is C17H22N2O3. The number of benzene rings is 1. The van der Waals surface area contributed by atoms with Crippen LogP contribution in [-0.4, -0.2) is 43.2 Å². The van der Waals surface area contributed by atoms with E-state index in [4.69, 9.17) is 15.2 Å². The first-order valence-corrected chi connectivity index (χ1v) is 7.86. The molecule has 3 rings (SSSR count). The highest BCUT2D eigenvalue weighted by Gasteiger charge is 2.23. The Labute approximate surface area is 130 Å². The van der Waals surface area contributed by atoms with Gasteiger partial charge in [0.2, 0.25) is 5.91 Å². The van der Waals surface area contributed by atoms with Gasteiger partial charge in [-0.05, 0) is 43.0 Å². The fourth-order valence-electron chi connectivity index (χ4n) is 2.96. The predicted molar refractivity (Wildman–Crippen MR) is 84.9 cm³/mol. The Kier molecular flexibility index (Phi) is 4.63. The molecule has 1 saturated heterocycles. The number of carbonyl (C=O) groups excluding carboxylic acids is 1. The van der Waals surface area contributed by atoms with Gasteiger partial charge in [-0.25, -0.2) is 0 Å². The molecule has 1 amide bonds. The van der Waals surface area contributed by atoms with Gasteiger partial charge in [0.15, 0.2) is 11.5 Å². The summed E-state index contributed by atoms with van der Waals surface area (Å²) in [5.41, 5.74) is 6.70. The van der Waals surface area contributed by atoms with Gasteiger partial charge in [0.25, 0.3) is 0 Å². The fourth-order valence-corrected chi connectivity index (χ4v) is 2.96. The zero-order chi connectivity index (χ0) is 15.4. The minimum absolute atomic E-state index is 0.0324. The van der Waals surface area contributed by atoms with Gasteiger partial charge in [0.1, 0.15) is 13.2 Å². The molecule has 2 aliphatic heterocycles. The van der Waals surface area contributed by atoms with Gasteiger partial charge in [-0.3, -0.25) is 4.79 Å². The Bertz CT molecular complexity index is 571. The normalized spacial score (nSPS) is 21.1. The number of nitrogens with zero attached hydrogens (tertiary/aromatic N) is 1. The first-order chi connectivity index (χ1) is 10.8. The first kappa shape index (κ1) is 14.9. The lowest BCUT2D eigenvalue weighted by Crippen LogP contribution is -2.46. The molecule has 0 bridgehead atoms. The molecule has 2 heterocycles. The summed E-state index contributed by atoms with van der Waals surface area (Å²) in [7, 11) is 0. The van der Waals surface area contributed by atoms with Crippen LogP contribution >= 0.6 is 0 Å². The molecule has 5 heteroatoms. The van der Waals surface area contributed by atoms with Crippen LogP contribution in [0.3, 0.4) is 0 Å². The van der Waals surface area contributed by atoms with Crippen LogP contribution in [0.4, 0.5) is 0 Å². The number of ether oxygens (including phenoxy) is 2. The van der Waals surface area contributed by atoms with E-state index in [1.54, 1.807) is 6.08 Å². The van der Waals surface area contributed by atoms with Gasteiger partial charge >= 0.3 is 0 Å². The van der Waals surface area contributed by atoms with Crippen molar-refractivity contribution in [2.24, 2.45) is 5.73 Å². The standard InChI is InChI=1S/C17H22N2O3/c18-12-14-3-1-2-8-19(14)17(20)7-5-13-4-6-15-16(11-13)22-10-9-21-15/h4-7,11,14H,1-3,8-10,12,18H2/b7-5+. The molecule has 5 nitrogen and oxygen atoms in total.